The van der Waals surface area contributed by atoms with Gasteiger partial charge in [-0.15, -0.1) is 10.2 Å². The van der Waals surface area contributed by atoms with Crippen molar-refractivity contribution in [1.29, 1.82) is 0 Å². The van der Waals surface area contributed by atoms with Gasteiger partial charge in [0.15, 0.2) is 11.5 Å². The van der Waals surface area contributed by atoms with Crippen LogP contribution in [-0.4, -0.2) is 67.1 Å². The van der Waals surface area contributed by atoms with E-state index in [1.165, 1.54) is 0 Å². The molecule has 0 unspecified atom stereocenters. The van der Waals surface area contributed by atoms with Gasteiger partial charge in [0.1, 0.15) is 5.82 Å². The SMILES string of the molecule is COc1ccc(CNc2cccn2-c2nnc(N3CCN(C)CC3)s2)cc1OC. The highest BCUT2D eigenvalue weighted by molar-refractivity contribution is 7.17. The van der Waals surface area contributed by atoms with Crippen molar-refractivity contribution in [2.24, 2.45) is 0 Å². The average molecular weight is 415 g/mol. The van der Waals surface area contributed by atoms with E-state index in [9.17, 15) is 0 Å². The van der Waals surface area contributed by atoms with E-state index in [1.807, 2.05) is 41.1 Å². The summed E-state index contributed by atoms with van der Waals surface area (Å²) in [5.41, 5.74) is 1.10. The molecule has 3 aromatic rings. The van der Waals surface area contributed by atoms with Crippen LogP contribution in [0.1, 0.15) is 5.56 Å². The molecule has 0 amide bonds. The molecule has 8 nitrogen and oxygen atoms in total. The second-order valence-corrected chi connectivity index (χ2v) is 7.90. The Bertz CT molecular complexity index is 948. The third-order valence-electron chi connectivity index (χ3n) is 5.05. The molecule has 0 radical (unpaired) electrons. The summed E-state index contributed by atoms with van der Waals surface area (Å²) in [6, 6.07) is 9.97. The number of nitrogens with zero attached hydrogens (tertiary/aromatic N) is 5. The molecule has 2 aromatic heterocycles. The van der Waals surface area contributed by atoms with Gasteiger partial charge in [-0.25, -0.2) is 0 Å². The first-order valence-electron chi connectivity index (χ1n) is 9.57. The van der Waals surface area contributed by atoms with Gasteiger partial charge in [0.05, 0.1) is 14.2 Å². The summed E-state index contributed by atoms with van der Waals surface area (Å²) < 4.78 is 12.7. The van der Waals surface area contributed by atoms with Crippen molar-refractivity contribution < 1.29 is 9.47 Å². The number of hydrogen-bond acceptors (Lipinski definition) is 8. The van der Waals surface area contributed by atoms with Crippen molar-refractivity contribution in [2.45, 2.75) is 6.54 Å². The van der Waals surface area contributed by atoms with Crippen molar-refractivity contribution in [3.8, 4) is 16.6 Å². The second-order valence-electron chi connectivity index (χ2n) is 6.96. The lowest BCUT2D eigenvalue weighted by atomic mass is 10.2. The van der Waals surface area contributed by atoms with E-state index in [-0.39, 0.29) is 0 Å². The summed E-state index contributed by atoms with van der Waals surface area (Å²) >= 11 is 1.62. The number of anilines is 2. The van der Waals surface area contributed by atoms with Crippen LogP contribution in [0.5, 0.6) is 11.5 Å². The highest BCUT2D eigenvalue weighted by atomic mass is 32.1. The monoisotopic (exact) mass is 414 g/mol. The number of nitrogens with one attached hydrogen (secondary N) is 1. The van der Waals surface area contributed by atoms with Gasteiger partial charge >= 0.3 is 0 Å². The van der Waals surface area contributed by atoms with E-state index in [1.54, 1.807) is 25.6 Å². The highest BCUT2D eigenvalue weighted by Gasteiger charge is 2.19. The first-order chi connectivity index (χ1) is 14.2. The summed E-state index contributed by atoms with van der Waals surface area (Å²) in [6.45, 7) is 4.74. The van der Waals surface area contributed by atoms with Gasteiger partial charge in [-0.1, -0.05) is 17.4 Å². The van der Waals surface area contributed by atoms with E-state index in [0.29, 0.717) is 6.54 Å². The Balaban J connectivity index is 1.45. The maximum atomic E-state index is 5.39. The molecule has 1 aliphatic rings. The molecular weight excluding hydrogens is 388 g/mol. The van der Waals surface area contributed by atoms with Crippen molar-refractivity contribution >= 4 is 22.3 Å². The minimum Gasteiger partial charge on any atom is -0.493 e. The number of ether oxygens (including phenoxy) is 2. The number of aromatic nitrogens is 3. The highest BCUT2D eigenvalue weighted by Crippen LogP contribution is 2.29. The van der Waals surface area contributed by atoms with Crippen molar-refractivity contribution in [3.05, 3.63) is 42.1 Å². The van der Waals surface area contributed by atoms with Gasteiger partial charge in [-0.05, 0) is 36.9 Å². The smallest absolute Gasteiger partial charge is 0.219 e. The van der Waals surface area contributed by atoms with Crippen LogP contribution in [0.4, 0.5) is 10.9 Å². The normalized spacial score (nSPS) is 14.8. The Morgan fingerprint density at radius 2 is 1.76 bits per heavy atom. The van der Waals surface area contributed by atoms with E-state index >= 15 is 0 Å². The Hall–Kier alpha value is -2.78. The lowest BCUT2D eigenvalue weighted by molar-refractivity contribution is 0.312. The summed E-state index contributed by atoms with van der Waals surface area (Å²) in [5, 5.41) is 14.2. The molecule has 29 heavy (non-hydrogen) atoms. The number of methoxy groups -OCH3 is 2. The Morgan fingerprint density at radius 1 is 1.00 bits per heavy atom. The third-order valence-corrected chi connectivity index (χ3v) is 6.04. The zero-order valence-corrected chi connectivity index (χ0v) is 17.8. The molecule has 1 N–H and O–H groups in total. The van der Waals surface area contributed by atoms with Crippen LogP contribution in [0.15, 0.2) is 36.5 Å². The van der Waals surface area contributed by atoms with E-state index in [0.717, 1.165) is 59.3 Å². The lowest BCUT2D eigenvalue weighted by Crippen LogP contribution is -2.44. The summed E-state index contributed by atoms with van der Waals surface area (Å²) in [7, 11) is 5.44. The van der Waals surface area contributed by atoms with Crippen molar-refractivity contribution in [3.63, 3.8) is 0 Å². The minimum atomic E-state index is 0.661. The van der Waals surface area contributed by atoms with Crippen LogP contribution < -0.4 is 19.7 Å². The van der Waals surface area contributed by atoms with Crippen molar-refractivity contribution in [1.82, 2.24) is 19.7 Å². The van der Waals surface area contributed by atoms with Crippen molar-refractivity contribution in [2.75, 3.05) is 57.7 Å². The molecule has 1 aromatic carbocycles. The first-order valence-corrected chi connectivity index (χ1v) is 10.4. The van der Waals surface area contributed by atoms with Gasteiger partial charge in [-0.3, -0.25) is 4.57 Å². The van der Waals surface area contributed by atoms with Gasteiger partial charge in [-0.2, -0.15) is 0 Å². The molecule has 0 saturated carbocycles. The van der Waals surface area contributed by atoms with Gasteiger partial charge < -0.3 is 24.6 Å². The zero-order valence-electron chi connectivity index (χ0n) is 17.0. The molecule has 154 valence electrons. The van der Waals surface area contributed by atoms with Crippen LogP contribution in [0.2, 0.25) is 0 Å². The van der Waals surface area contributed by atoms with E-state index in [4.69, 9.17) is 9.47 Å². The van der Waals surface area contributed by atoms with E-state index in [2.05, 4.69) is 32.4 Å². The first kappa shape index (κ1) is 19.5. The Morgan fingerprint density at radius 3 is 2.52 bits per heavy atom. The zero-order chi connectivity index (χ0) is 20.2. The Kier molecular flexibility index (Phi) is 5.86. The number of likely N-dealkylation sites (N-methyl/N-ethyl adjacent to an activating group) is 1. The Labute approximate surface area is 174 Å². The van der Waals surface area contributed by atoms with Crippen LogP contribution in [0, 0.1) is 0 Å². The lowest BCUT2D eigenvalue weighted by Gasteiger charge is -2.31. The third kappa shape index (κ3) is 4.30. The fourth-order valence-corrected chi connectivity index (χ4v) is 4.20. The molecular formula is C20H26N6O2S. The topological polar surface area (TPSA) is 67.7 Å². The minimum absolute atomic E-state index is 0.661. The standard InChI is InChI=1S/C20H26N6O2S/c1-24-9-11-25(12-10-24)19-22-23-20(29-19)26-8-4-5-18(26)21-14-15-6-7-16(27-2)17(13-15)28-3/h4-8,13,21H,9-12,14H2,1-3H3. The quantitative estimate of drug-likeness (QED) is 0.638. The molecule has 4 rings (SSSR count). The van der Waals surface area contributed by atoms with Crippen LogP contribution in [0.3, 0.4) is 0 Å². The van der Waals surface area contributed by atoms with Crippen LogP contribution >= 0.6 is 11.3 Å². The molecule has 1 saturated heterocycles. The number of benzene rings is 1. The van der Waals surface area contributed by atoms with E-state index < -0.39 is 0 Å². The summed E-state index contributed by atoms with van der Waals surface area (Å²) in [4.78, 5) is 4.64. The van der Waals surface area contributed by atoms with Gasteiger partial charge in [0, 0.05) is 38.9 Å². The predicted molar refractivity (Wildman–Crippen MR) is 116 cm³/mol. The van der Waals surface area contributed by atoms with Gasteiger partial charge in [0.2, 0.25) is 10.3 Å². The largest absolute Gasteiger partial charge is 0.493 e. The molecule has 1 aliphatic heterocycles. The average Bonchev–Trinajstić information content (AvgIpc) is 3.42. The molecule has 0 bridgehead atoms. The fraction of sp³-hybridized carbons (Fsp3) is 0.400. The summed E-state index contributed by atoms with van der Waals surface area (Å²) in [5.74, 6) is 2.42. The van der Waals surface area contributed by atoms with Crippen LogP contribution in [-0.2, 0) is 6.54 Å². The summed E-state index contributed by atoms with van der Waals surface area (Å²) in [6.07, 6.45) is 2.01. The maximum Gasteiger partial charge on any atom is 0.219 e. The van der Waals surface area contributed by atoms with Crippen LogP contribution in [0.25, 0.3) is 5.13 Å². The number of rotatable bonds is 7. The molecule has 0 aliphatic carbocycles. The number of hydrogen-bond donors (Lipinski definition) is 1. The molecule has 1 fully saturated rings. The number of piperazine rings is 1. The molecule has 9 heteroatoms. The predicted octanol–water partition coefficient (Wildman–Crippen LogP) is 2.71. The molecule has 0 atom stereocenters. The molecule has 3 heterocycles. The molecule has 0 spiro atoms. The fourth-order valence-electron chi connectivity index (χ4n) is 3.31. The maximum absolute atomic E-state index is 5.39. The van der Waals surface area contributed by atoms with Gasteiger partial charge in [0.25, 0.3) is 0 Å². The second kappa shape index (κ2) is 8.71.